The highest BCUT2D eigenvalue weighted by Gasteiger charge is 2.67. The van der Waals surface area contributed by atoms with Crippen LogP contribution < -0.4 is 5.32 Å². The summed E-state index contributed by atoms with van der Waals surface area (Å²) in [5.74, 6) is 0.686. The van der Waals surface area contributed by atoms with Crippen molar-refractivity contribution in [1.82, 2.24) is 5.32 Å². The van der Waals surface area contributed by atoms with Gasteiger partial charge in [0.05, 0.1) is 4.34 Å². The standard InChI is InChI=1S/C15H24ClNS/c1-6-9-17-12(10-7-8-11(16)18-10)13-14(2,3)15(13,4)5/h7-8,12-13,17H,6,9H2,1-5H3. The highest BCUT2D eigenvalue weighted by molar-refractivity contribution is 7.16. The van der Waals surface area contributed by atoms with Crippen LogP contribution in [0.15, 0.2) is 12.1 Å². The lowest BCUT2D eigenvalue weighted by molar-refractivity contribution is 0.415. The Bertz CT molecular complexity index is 408. The first-order valence-corrected chi connectivity index (χ1v) is 8.00. The molecule has 0 amide bonds. The third kappa shape index (κ3) is 2.23. The van der Waals surface area contributed by atoms with Crippen LogP contribution in [0, 0.1) is 16.7 Å². The number of nitrogens with one attached hydrogen (secondary N) is 1. The molecule has 0 radical (unpaired) electrons. The molecule has 1 unspecified atom stereocenters. The third-order valence-corrected chi connectivity index (χ3v) is 6.29. The SMILES string of the molecule is CCCNC(c1ccc(Cl)s1)C1C(C)(C)C1(C)C. The molecule has 1 atom stereocenters. The molecule has 0 bridgehead atoms. The van der Waals surface area contributed by atoms with E-state index in [1.54, 1.807) is 11.3 Å². The maximum atomic E-state index is 6.10. The molecule has 1 fully saturated rings. The van der Waals surface area contributed by atoms with Crippen molar-refractivity contribution >= 4 is 22.9 Å². The molecule has 1 saturated carbocycles. The maximum Gasteiger partial charge on any atom is 0.0931 e. The molecule has 1 N–H and O–H groups in total. The molecular weight excluding hydrogens is 262 g/mol. The Morgan fingerprint density at radius 2 is 1.89 bits per heavy atom. The van der Waals surface area contributed by atoms with Crippen LogP contribution >= 0.6 is 22.9 Å². The zero-order chi connectivity index (χ0) is 13.6. The number of halogens is 1. The zero-order valence-corrected chi connectivity index (χ0v) is 13.6. The van der Waals surface area contributed by atoms with E-state index in [4.69, 9.17) is 11.6 Å². The molecule has 1 aromatic heterocycles. The van der Waals surface area contributed by atoms with Gasteiger partial charge in [-0.1, -0.05) is 46.2 Å². The molecule has 1 aliphatic carbocycles. The molecule has 1 heterocycles. The summed E-state index contributed by atoms with van der Waals surface area (Å²) < 4.78 is 0.893. The summed E-state index contributed by atoms with van der Waals surface area (Å²) in [4.78, 5) is 1.39. The van der Waals surface area contributed by atoms with E-state index in [0.717, 1.165) is 10.9 Å². The fourth-order valence-electron chi connectivity index (χ4n) is 3.26. The van der Waals surface area contributed by atoms with Gasteiger partial charge in [0.25, 0.3) is 0 Å². The van der Waals surface area contributed by atoms with E-state index >= 15 is 0 Å². The molecular formula is C15H24ClNS. The van der Waals surface area contributed by atoms with Gasteiger partial charge in [-0.25, -0.2) is 0 Å². The van der Waals surface area contributed by atoms with Crippen LogP contribution in [0.1, 0.15) is 52.0 Å². The first-order chi connectivity index (χ1) is 8.32. The summed E-state index contributed by atoms with van der Waals surface area (Å²) in [6.07, 6.45) is 1.17. The van der Waals surface area contributed by atoms with Gasteiger partial charge in [-0.15, -0.1) is 11.3 Å². The Balaban J connectivity index is 2.22. The van der Waals surface area contributed by atoms with Crippen LogP contribution in [0.5, 0.6) is 0 Å². The quantitative estimate of drug-likeness (QED) is 0.791. The van der Waals surface area contributed by atoms with E-state index in [2.05, 4.69) is 46.0 Å². The first kappa shape index (κ1) is 14.4. The summed E-state index contributed by atoms with van der Waals surface area (Å²) >= 11 is 7.82. The molecule has 1 aliphatic rings. The Hall–Kier alpha value is -0.0500. The normalized spacial score (nSPS) is 23.0. The number of hydrogen-bond acceptors (Lipinski definition) is 2. The lowest BCUT2D eigenvalue weighted by Crippen LogP contribution is -2.25. The van der Waals surface area contributed by atoms with Crippen molar-refractivity contribution in [2.75, 3.05) is 6.54 Å². The molecule has 18 heavy (non-hydrogen) atoms. The first-order valence-electron chi connectivity index (χ1n) is 6.81. The van der Waals surface area contributed by atoms with Gasteiger partial charge in [0.15, 0.2) is 0 Å². The monoisotopic (exact) mass is 285 g/mol. The van der Waals surface area contributed by atoms with Crippen molar-refractivity contribution in [3.63, 3.8) is 0 Å². The summed E-state index contributed by atoms with van der Waals surface area (Å²) in [6, 6.07) is 4.66. The lowest BCUT2D eigenvalue weighted by Gasteiger charge is -2.19. The van der Waals surface area contributed by atoms with Crippen molar-refractivity contribution in [2.45, 2.75) is 47.1 Å². The Labute approximate surface area is 120 Å². The predicted octanol–water partition coefficient (Wildman–Crippen LogP) is 5.12. The van der Waals surface area contributed by atoms with Crippen LogP contribution in [0.25, 0.3) is 0 Å². The van der Waals surface area contributed by atoms with Crippen LogP contribution in [0.4, 0.5) is 0 Å². The van der Waals surface area contributed by atoms with E-state index < -0.39 is 0 Å². The minimum absolute atomic E-state index is 0.398. The van der Waals surface area contributed by atoms with Crippen molar-refractivity contribution < 1.29 is 0 Å². The molecule has 0 saturated heterocycles. The van der Waals surface area contributed by atoms with Crippen molar-refractivity contribution in [3.8, 4) is 0 Å². The number of rotatable bonds is 5. The number of hydrogen-bond donors (Lipinski definition) is 1. The van der Waals surface area contributed by atoms with Gasteiger partial charge < -0.3 is 5.32 Å². The van der Waals surface area contributed by atoms with Gasteiger partial charge in [-0.05, 0) is 41.8 Å². The third-order valence-electron chi connectivity index (χ3n) is 4.98. The Morgan fingerprint density at radius 3 is 2.28 bits per heavy atom. The molecule has 2 rings (SSSR count). The van der Waals surface area contributed by atoms with Gasteiger partial charge in [-0.2, -0.15) is 0 Å². The summed E-state index contributed by atoms with van der Waals surface area (Å²) in [7, 11) is 0. The summed E-state index contributed by atoms with van der Waals surface area (Å²) in [5, 5.41) is 3.72. The highest BCUT2D eigenvalue weighted by Crippen LogP contribution is 2.72. The second kappa shape index (κ2) is 4.81. The van der Waals surface area contributed by atoms with Gasteiger partial charge in [0.1, 0.15) is 0 Å². The van der Waals surface area contributed by atoms with E-state index in [9.17, 15) is 0 Å². The fraction of sp³-hybridized carbons (Fsp3) is 0.733. The topological polar surface area (TPSA) is 12.0 Å². The lowest BCUT2D eigenvalue weighted by atomic mass is 10.0. The van der Waals surface area contributed by atoms with Crippen molar-refractivity contribution in [3.05, 3.63) is 21.3 Å². The van der Waals surface area contributed by atoms with E-state index in [0.29, 0.717) is 22.8 Å². The van der Waals surface area contributed by atoms with Gasteiger partial charge in [0, 0.05) is 10.9 Å². The smallest absolute Gasteiger partial charge is 0.0931 e. The molecule has 0 aliphatic heterocycles. The van der Waals surface area contributed by atoms with Crippen LogP contribution in [-0.2, 0) is 0 Å². The average molecular weight is 286 g/mol. The number of thiophene rings is 1. The van der Waals surface area contributed by atoms with Crippen LogP contribution in [0.2, 0.25) is 4.34 Å². The van der Waals surface area contributed by atoms with Gasteiger partial charge >= 0.3 is 0 Å². The van der Waals surface area contributed by atoms with Crippen molar-refractivity contribution in [1.29, 1.82) is 0 Å². The molecule has 3 heteroatoms. The molecule has 102 valence electrons. The van der Waals surface area contributed by atoms with Gasteiger partial charge in [-0.3, -0.25) is 0 Å². The van der Waals surface area contributed by atoms with Crippen LogP contribution in [0.3, 0.4) is 0 Å². The molecule has 0 aromatic carbocycles. The molecule has 1 nitrogen and oxygen atoms in total. The van der Waals surface area contributed by atoms with E-state index in [1.165, 1.54) is 11.3 Å². The summed E-state index contributed by atoms with van der Waals surface area (Å²) in [6.45, 7) is 12.8. The van der Waals surface area contributed by atoms with E-state index in [-0.39, 0.29) is 0 Å². The fourth-order valence-corrected chi connectivity index (χ4v) is 4.43. The van der Waals surface area contributed by atoms with Crippen LogP contribution in [-0.4, -0.2) is 6.54 Å². The Morgan fingerprint density at radius 1 is 1.28 bits per heavy atom. The predicted molar refractivity (Wildman–Crippen MR) is 81.4 cm³/mol. The highest BCUT2D eigenvalue weighted by atomic mass is 35.5. The minimum Gasteiger partial charge on any atom is -0.309 e. The molecule has 1 aromatic rings. The largest absolute Gasteiger partial charge is 0.309 e. The average Bonchev–Trinajstić information content (AvgIpc) is 2.64. The maximum absolute atomic E-state index is 6.10. The van der Waals surface area contributed by atoms with Gasteiger partial charge in [0.2, 0.25) is 0 Å². The zero-order valence-electron chi connectivity index (χ0n) is 12.0. The summed E-state index contributed by atoms with van der Waals surface area (Å²) in [5.41, 5.74) is 0.795. The second-order valence-electron chi connectivity index (χ2n) is 6.49. The second-order valence-corrected chi connectivity index (χ2v) is 8.24. The van der Waals surface area contributed by atoms with E-state index in [1.807, 2.05) is 6.07 Å². The Kier molecular flexibility index (Phi) is 3.84. The molecule has 0 spiro atoms. The van der Waals surface area contributed by atoms with Crippen molar-refractivity contribution in [2.24, 2.45) is 16.7 Å². The minimum atomic E-state index is 0.398.